The molecule has 0 aliphatic heterocycles. The van der Waals surface area contributed by atoms with E-state index in [0.29, 0.717) is 47.5 Å². The fourth-order valence-electron chi connectivity index (χ4n) is 3.67. The van der Waals surface area contributed by atoms with Gasteiger partial charge in [0.1, 0.15) is 11.3 Å². The van der Waals surface area contributed by atoms with Crippen LogP contribution in [0.2, 0.25) is 0 Å². The van der Waals surface area contributed by atoms with Gasteiger partial charge in [0, 0.05) is 30.4 Å². The van der Waals surface area contributed by atoms with Crippen LogP contribution in [0, 0.1) is 4.77 Å². The maximum atomic E-state index is 13.0. The molecule has 2 aromatic carbocycles. The first kappa shape index (κ1) is 20.9. The third-order valence-corrected chi connectivity index (χ3v) is 5.63. The van der Waals surface area contributed by atoms with Gasteiger partial charge in [-0.05, 0) is 48.8 Å². The molecule has 2 aromatic heterocycles. The van der Waals surface area contributed by atoms with Gasteiger partial charge >= 0.3 is 0 Å². The highest BCUT2D eigenvalue weighted by molar-refractivity contribution is 7.71. The molecule has 4 aromatic rings. The van der Waals surface area contributed by atoms with Crippen LogP contribution in [0.4, 0.5) is 0 Å². The normalized spacial score (nSPS) is 11.1. The number of rotatable bonds is 8. The fraction of sp³-hybridized carbons (Fsp3) is 0.261. The van der Waals surface area contributed by atoms with E-state index < -0.39 is 0 Å². The van der Waals surface area contributed by atoms with E-state index in [4.69, 9.17) is 17.0 Å². The molecule has 2 heterocycles. The number of methoxy groups -OCH3 is 1. The smallest absolute Gasteiger partial charge is 0.278 e. The van der Waals surface area contributed by atoms with Crippen molar-refractivity contribution in [2.24, 2.45) is 0 Å². The SMILES string of the molecule is COc1ccc2[nH]c3c(=O)n(CCCC(=O)NCCc4ccccc4)c(=S)[nH]c3c2c1. The van der Waals surface area contributed by atoms with Crippen LogP contribution in [0.3, 0.4) is 0 Å². The summed E-state index contributed by atoms with van der Waals surface area (Å²) < 4.78 is 7.12. The van der Waals surface area contributed by atoms with E-state index in [0.717, 1.165) is 17.3 Å². The molecule has 3 N–H and O–H groups in total. The molecule has 1 amide bonds. The Morgan fingerprint density at radius 3 is 2.71 bits per heavy atom. The number of hydrogen-bond acceptors (Lipinski definition) is 4. The van der Waals surface area contributed by atoms with Gasteiger partial charge in [-0.15, -0.1) is 0 Å². The van der Waals surface area contributed by atoms with Crippen LogP contribution < -0.4 is 15.6 Å². The van der Waals surface area contributed by atoms with Gasteiger partial charge in [0.15, 0.2) is 4.77 Å². The van der Waals surface area contributed by atoms with Gasteiger partial charge in [0.25, 0.3) is 5.56 Å². The van der Waals surface area contributed by atoms with Crippen LogP contribution in [0.15, 0.2) is 53.3 Å². The molecule has 4 rings (SSSR count). The predicted molar refractivity (Wildman–Crippen MR) is 124 cm³/mol. The summed E-state index contributed by atoms with van der Waals surface area (Å²) in [5.41, 5.74) is 2.94. The zero-order valence-corrected chi connectivity index (χ0v) is 18.1. The standard InChI is InChI=1S/C23H24N4O3S/c1-30-16-9-10-18-17(14-16)20-21(25-18)22(29)27(23(31)26-20)13-5-8-19(28)24-12-11-15-6-3-2-4-7-15/h2-4,6-7,9-10,14,25H,5,8,11-13H2,1H3,(H,24,28)(H,26,31). The van der Waals surface area contributed by atoms with Crippen molar-refractivity contribution >= 4 is 40.1 Å². The molecule has 0 bridgehead atoms. The molecule has 7 nitrogen and oxygen atoms in total. The summed E-state index contributed by atoms with van der Waals surface area (Å²) in [7, 11) is 1.60. The Morgan fingerprint density at radius 2 is 1.94 bits per heavy atom. The van der Waals surface area contributed by atoms with Gasteiger partial charge in [0.05, 0.1) is 12.6 Å². The van der Waals surface area contributed by atoms with E-state index in [-0.39, 0.29) is 11.5 Å². The number of nitrogens with zero attached hydrogens (tertiary/aromatic N) is 1. The Bertz CT molecular complexity index is 1340. The van der Waals surface area contributed by atoms with Crippen LogP contribution >= 0.6 is 12.2 Å². The first-order chi connectivity index (χ1) is 15.1. The number of carbonyl (C=O) groups is 1. The molecule has 0 radical (unpaired) electrons. The van der Waals surface area contributed by atoms with Crippen molar-refractivity contribution in [1.82, 2.24) is 19.9 Å². The van der Waals surface area contributed by atoms with Crippen molar-refractivity contribution in [3.8, 4) is 5.75 Å². The van der Waals surface area contributed by atoms with Gasteiger partial charge in [0.2, 0.25) is 5.91 Å². The van der Waals surface area contributed by atoms with Crippen LogP contribution in [-0.2, 0) is 17.8 Å². The highest BCUT2D eigenvalue weighted by Crippen LogP contribution is 2.25. The summed E-state index contributed by atoms with van der Waals surface area (Å²) in [5.74, 6) is 0.674. The lowest BCUT2D eigenvalue weighted by Crippen LogP contribution is -2.27. The number of fused-ring (bicyclic) bond motifs is 3. The zero-order chi connectivity index (χ0) is 21.8. The van der Waals surface area contributed by atoms with Gasteiger partial charge in [-0.1, -0.05) is 30.3 Å². The molecule has 0 saturated heterocycles. The summed E-state index contributed by atoms with van der Waals surface area (Å²) in [6.45, 7) is 0.961. The predicted octanol–water partition coefficient (Wildman–Crippen LogP) is 3.69. The number of hydrogen-bond donors (Lipinski definition) is 3. The third-order valence-electron chi connectivity index (χ3n) is 5.31. The molecule has 0 fully saturated rings. The number of nitrogens with one attached hydrogen (secondary N) is 3. The lowest BCUT2D eigenvalue weighted by molar-refractivity contribution is -0.121. The summed E-state index contributed by atoms with van der Waals surface area (Å²) in [4.78, 5) is 31.4. The molecule has 31 heavy (non-hydrogen) atoms. The Kier molecular flexibility index (Phi) is 6.18. The molecular weight excluding hydrogens is 412 g/mol. The van der Waals surface area contributed by atoms with Crippen LogP contribution in [0.25, 0.3) is 21.9 Å². The second-order valence-corrected chi connectivity index (χ2v) is 7.75. The maximum absolute atomic E-state index is 13.0. The highest BCUT2D eigenvalue weighted by atomic mass is 32.1. The number of aromatic amines is 2. The van der Waals surface area contributed by atoms with Gasteiger partial charge < -0.3 is 20.0 Å². The number of carbonyl (C=O) groups excluding carboxylic acids is 1. The van der Waals surface area contributed by atoms with Crippen LogP contribution in [0.5, 0.6) is 5.75 Å². The molecule has 0 unspecified atom stereocenters. The number of H-pyrrole nitrogens is 2. The molecule has 8 heteroatoms. The van der Waals surface area contributed by atoms with E-state index in [9.17, 15) is 9.59 Å². The number of aromatic nitrogens is 3. The number of benzene rings is 2. The topological polar surface area (TPSA) is 91.9 Å². The van der Waals surface area contributed by atoms with Crippen LogP contribution in [-0.4, -0.2) is 34.1 Å². The minimum Gasteiger partial charge on any atom is -0.497 e. The largest absolute Gasteiger partial charge is 0.497 e. The third kappa shape index (κ3) is 4.54. The van der Waals surface area contributed by atoms with E-state index in [1.165, 1.54) is 10.1 Å². The molecule has 0 atom stereocenters. The Hall–Kier alpha value is -3.39. The molecular formula is C23H24N4O3S. The average Bonchev–Trinajstić information content (AvgIpc) is 3.14. The summed E-state index contributed by atoms with van der Waals surface area (Å²) in [5, 5.41) is 3.78. The Labute approximate surface area is 184 Å². The second-order valence-electron chi connectivity index (χ2n) is 7.36. The average molecular weight is 437 g/mol. The monoisotopic (exact) mass is 436 g/mol. The minimum atomic E-state index is -0.196. The van der Waals surface area contributed by atoms with Crippen LogP contribution in [0.1, 0.15) is 18.4 Å². The molecule has 0 aliphatic carbocycles. The first-order valence-electron chi connectivity index (χ1n) is 10.2. The zero-order valence-electron chi connectivity index (χ0n) is 17.2. The van der Waals surface area contributed by atoms with Crippen molar-refractivity contribution in [1.29, 1.82) is 0 Å². The molecule has 160 valence electrons. The van der Waals surface area contributed by atoms with E-state index >= 15 is 0 Å². The van der Waals surface area contributed by atoms with Crippen molar-refractivity contribution in [3.63, 3.8) is 0 Å². The highest BCUT2D eigenvalue weighted by Gasteiger charge is 2.12. The van der Waals surface area contributed by atoms with Crippen molar-refractivity contribution in [3.05, 3.63) is 69.2 Å². The van der Waals surface area contributed by atoms with E-state index in [1.54, 1.807) is 7.11 Å². The van der Waals surface area contributed by atoms with Gasteiger partial charge in [-0.2, -0.15) is 0 Å². The summed E-state index contributed by atoms with van der Waals surface area (Å²) in [6, 6.07) is 15.6. The summed E-state index contributed by atoms with van der Waals surface area (Å²) >= 11 is 5.42. The quantitative estimate of drug-likeness (QED) is 0.367. The Morgan fingerprint density at radius 1 is 1.13 bits per heavy atom. The first-order valence-corrected chi connectivity index (χ1v) is 10.6. The molecule has 0 spiro atoms. The lowest BCUT2D eigenvalue weighted by atomic mass is 10.1. The van der Waals surface area contributed by atoms with E-state index in [2.05, 4.69) is 15.3 Å². The molecule has 0 saturated carbocycles. The summed E-state index contributed by atoms with van der Waals surface area (Å²) in [6.07, 6.45) is 1.64. The number of ether oxygens (including phenoxy) is 1. The lowest BCUT2D eigenvalue weighted by Gasteiger charge is -2.08. The van der Waals surface area contributed by atoms with E-state index in [1.807, 2.05) is 48.5 Å². The molecule has 0 aliphatic rings. The number of amides is 1. The van der Waals surface area contributed by atoms with Crippen molar-refractivity contribution in [2.45, 2.75) is 25.8 Å². The second kappa shape index (κ2) is 9.18. The van der Waals surface area contributed by atoms with Gasteiger partial charge in [-0.3, -0.25) is 14.2 Å². The Balaban J connectivity index is 1.41. The van der Waals surface area contributed by atoms with Crippen molar-refractivity contribution in [2.75, 3.05) is 13.7 Å². The minimum absolute atomic E-state index is 0.0299. The van der Waals surface area contributed by atoms with Gasteiger partial charge in [-0.25, -0.2) is 0 Å². The fourth-order valence-corrected chi connectivity index (χ4v) is 3.95. The maximum Gasteiger partial charge on any atom is 0.278 e. The van der Waals surface area contributed by atoms with Crippen molar-refractivity contribution < 1.29 is 9.53 Å².